The molecule has 0 spiro atoms. The van der Waals surface area contributed by atoms with Crippen molar-refractivity contribution in [2.45, 2.75) is 0 Å². The molecule has 1 aromatic carbocycles. The fourth-order valence-corrected chi connectivity index (χ4v) is 4.09. The lowest BCUT2D eigenvalue weighted by Crippen LogP contribution is -2.41. The number of pyridine rings is 1. The van der Waals surface area contributed by atoms with E-state index in [1.54, 1.807) is 24.8 Å². The number of rotatable bonds is 7. The van der Waals surface area contributed by atoms with Gasteiger partial charge in [0.1, 0.15) is 12.0 Å². The molecular formula is C21H24N4O6S. The van der Waals surface area contributed by atoms with Gasteiger partial charge in [0.25, 0.3) is 0 Å². The van der Waals surface area contributed by atoms with Crippen LogP contribution in [0.15, 0.2) is 41.3 Å². The molecule has 0 bridgehead atoms. The number of benzene rings is 1. The third-order valence-electron chi connectivity index (χ3n) is 5.01. The zero-order chi connectivity index (χ0) is 22.7. The van der Waals surface area contributed by atoms with Crippen LogP contribution in [0.3, 0.4) is 0 Å². The molecule has 1 amide bonds. The van der Waals surface area contributed by atoms with Crippen LogP contribution in [0.25, 0.3) is 21.9 Å². The Bertz CT molecular complexity index is 1230. The summed E-state index contributed by atoms with van der Waals surface area (Å²) in [5, 5.41) is 4.52. The first-order valence-corrected chi connectivity index (χ1v) is 11.8. The quantitative estimate of drug-likeness (QED) is 0.550. The Morgan fingerprint density at radius 3 is 2.62 bits per heavy atom. The zero-order valence-corrected chi connectivity index (χ0v) is 18.6. The number of methoxy groups -OCH3 is 1. The average molecular weight is 461 g/mol. The normalized spacial score (nSPS) is 14.9. The summed E-state index contributed by atoms with van der Waals surface area (Å²) < 4.78 is 41.7. The summed E-state index contributed by atoms with van der Waals surface area (Å²) in [5.41, 5.74) is 2.19. The van der Waals surface area contributed by atoms with Crippen LogP contribution in [-0.2, 0) is 19.6 Å². The lowest BCUT2D eigenvalue weighted by molar-refractivity contribution is -0.118. The molecule has 32 heavy (non-hydrogen) atoms. The number of aromatic nitrogens is 1. The first-order chi connectivity index (χ1) is 15.3. The van der Waals surface area contributed by atoms with E-state index in [4.69, 9.17) is 13.9 Å². The van der Waals surface area contributed by atoms with Crippen LogP contribution >= 0.6 is 0 Å². The van der Waals surface area contributed by atoms with Gasteiger partial charge in [0.2, 0.25) is 21.8 Å². The number of morpholine rings is 1. The molecule has 0 radical (unpaired) electrons. The van der Waals surface area contributed by atoms with Crippen molar-refractivity contribution in [3.63, 3.8) is 0 Å². The van der Waals surface area contributed by atoms with Crippen molar-refractivity contribution in [3.8, 4) is 17.0 Å². The first-order valence-electron chi connectivity index (χ1n) is 9.94. The molecule has 1 aliphatic rings. The lowest BCUT2D eigenvalue weighted by Gasteiger charge is -2.25. The van der Waals surface area contributed by atoms with Crippen molar-refractivity contribution in [3.05, 3.63) is 36.9 Å². The Labute approximate surface area is 185 Å². The van der Waals surface area contributed by atoms with Gasteiger partial charge in [-0.05, 0) is 23.8 Å². The molecular weight excluding hydrogens is 436 g/mol. The van der Waals surface area contributed by atoms with E-state index in [9.17, 15) is 13.2 Å². The molecule has 170 valence electrons. The van der Waals surface area contributed by atoms with Crippen molar-refractivity contribution in [2.75, 3.05) is 56.3 Å². The van der Waals surface area contributed by atoms with Gasteiger partial charge in [-0.15, -0.1) is 0 Å². The van der Waals surface area contributed by atoms with E-state index in [1.165, 1.54) is 7.11 Å². The molecule has 2 N–H and O–H groups in total. The minimum Gasteiger partial charge on any atom is -0.480 e. The number of hydrogen-bond acceptors (Lipinski definition) is 8. The molecule has 1 fully saturated rings. The smallest absolute Gasteiger partial charge is 0.238 e. The second-order valence-electron chi connectivity index (χ2n) is 7.49. The highest BCUT2D eigenvalue weighted by Gasteiger charge is 2.17. The SMILES string of the molecule is COc1ncc(-c2cc(NC(=O)CN3CCOCC3)c3cocc3c2)cc1NS(C)(=O)=O. The number of furan rings is 1. The molecule has 2 aromatic heterocycles. The monoisotopic (exact) mass is 460 g/mol. The van der Waals surface area contributed by atoms with Crippen LogP contribution in [0.1, 0.15) is 0 Å². The van der Waals surface area contributed by atoms with Crippen molar-refractivity contribution < 1.29 is 27.1 Å². The number of hydrogen-bond donors (Lipinski definition) is 2. The van der Waals surface area contributed by atoms with E-state index in [0.29, 0.717) is 37.6 Å². The van der Waals surface area contributed by atoms with Crippen LogP contribution in [0.4, 0.5) is 11.4 Å². The Balaban J connectivity index is 1.65. The van der Waals surface area contributed by atoms with E-state index in [1.807, 2.05) is 17.0 Å². The van der Waals surface area contributed by atoms with Gasteiger partial charge in [0.15, 0.2) is 0 Å². The molecule has 1 saturated heterocycles. The fourth-order valence-electron chi connectivity index (χ4n) is 3.55. The molecule has 10 nitrogen and oxygen atoms in total. The molecule has 0 atom stereocenters. The van der Waals surface area contributed by atoms with E-state index in [2.05, 4.69) is 15.0 Å². The highest BCUT2D eigenvalue weighted by atomic mass is 32.2. The van der Waals surface area contributed by atoms with E-state index in [-0.39, 0.29) is 24.0 Å². The molecule has 3 heterocycles. The van der Waals surface area contributed by atoms with Gasteiger partial charge in [-0.1, -0.05) is 0 Å². The highest BCUT2D eigenvalue weighted by molar-refractivity contribution is 7.92. The van der Waals surface area contributed by atoms with E-state index in [0.717, 1.165) is 22.6 Å². The number of amides is 1. The second-order valence-corrected chi connectivity index (χ2v) is 9.24. The summed E-state index contributed by atoms with van der Waals surface area (Å²) in [6.07, 6.45) is 5.79. The minimum absolute atomic E-state index is 0.140. The van der Waals surface area contributed by atoms with Crippen LogP contribution in [0, 0.1) is 0 Å². The molecule has 1 aliphatic heterocycles. The second kappa shape index (κ2) is 9.15. The predicted octanol–water partition coefficient (Wildman–Crippen LogP) is 2.15. The molecule has 4 rings (SSSR count). The maximum atomic E-state index is 12.7. The number of fused-ring (bicyclic) bond motifs is 1. The average Bonchev–Trinajstić information content (AvgIpc) is 3.22. The van der Waals surface area contributed by atoms with Gasteiger partial charge in [0.05, 0.1) is 45.1 Å². The third kappa shape index (κ3) is 5.18. The minimum atomic E-state index is -3.53. The van der Waals surface area contributed by atoms with E-state index < -0.39 is 10.0 Å². The summed E-state index contributed by atoms with van der Waals surface area (Å²) in [5.74, 6) is 0.0152. The molecule has 11 heteroatoms. The number of anilines is 2. The Kier molecular flexibility index (Phi) is 6.31. The molecule has 0 saturated carbocycles. The summed E-state index contributed by atoms with van der Waals surface area (Å²) in [4.78, 5) is 18.9. The number of ether oxygens (including phenoxy) is 2. The Morgan fingerprint density at radius 2 is 1.91 bits per heavy atom. The number of nitrogens with zero attached hydrogens (tertiary/aromatic N) is 2. The lowest BCUT2D eigenvalue weighted by atomic mass is 10.0. The maximum Gasteiger partial charge on any atom is 0.238 e. The summed E-state index contributed by atoms with van der Waals surface area (Å²) in [6.45, 7) is 2.91. The maximum absolute atomic E-state index is 12.7. The van der Waals surface area contributed by atoms with Gasteiger partial charge in [-0.2, -0.15) is 0 Å². The number of carbonyl (C=O) groups excluding carboxylic acids is 1. The van der Waals surface area contributed by atoms with Gasteiger partial charge < -0.3 is 19.2 Å². The first kappa shape index (κ1) is 22.1. The van der Waals surface area contributed by atoms with Crippen LogP contribution < -0.4 is 14.8 Å². The van der Waals surface area contributed by atoms with Crippen molar-refractivity contribution >= 4 is 38.1 Å². The number of sulfonamides is 1. The van der Waals surface area contributed by atoms with Crippen LogP contribution in [0.2, 0.25) is 0 Å². The molecule has 3 aromatic rings. The summed E-state index contributed by atoms with van der Waals surface area (Å²) >= 11 is 0. The van der Waals surface area contributed by atoms with Gasteiger partial charge >= 0.3 is 0 Å². The predicted molar refractivity (Wildman–Crippen MR) is 120 cm³/mol. The zero-order valence-electron chi connectivity index (χ0n) is 17.8. The van der Waals surface area contributed by atoms with Crippen molar-refractivity contribution in [2.24, 2.45) is 0 Å². The van der Waals surface area contributed by atoms with E-state index >= 15 is 0 Å². The Morgan fingerprint density at radius 1 is 1.16 bits per heavy atom. The fraction of sp³-hybridized carbons (Fsp3) is 0.333. The van der Waals surface area contributed by atoms with Crippen molar-refractivity contribution in [1.29, 1.82) is 0 Å². The van der Waals surface area contributed by atoms with Gasteiger partial charge in [-0.25, -0.2) is 13.4 Å². The number of carbonyl (C=O) groups is 1. The van der Waals surface area contributed by atoms with Crippen molar-refractivity contribution in [1.82, 2.24) is 9.88 Å². The Hall–Kier alpha value is -3.15. The molecule has 0 aliphatic carbocycles. The number of nitrogens with one attached hydrogen (secondary N) is 2. The third-order valence-corrected chi connectivity index (χ3v) is 5.60. The summed E-state index contributed by atoms with van der Waals surface area (Å²) in [7, 11) is -2.12. The summed E-state index contributed by atoms with van der Waals surface area (Å²) in [6, 6.07) is 5.32. The van der Waals surface area contributed by atoms with Crippen LogP contribution in [-0.4, -0.2) is 70.4 Å². The molecule has 0 unspecified atom stereocenters. The largest absolute Gasteiger partial charge is 0.480 e. The van der Waals surface area contributed by atoms with Gasteiger partial charge in [0, 0.05) is 35.6 Å². The topological polar surface area (TPSA) is 123 Å². The van der Waals surface area contributed by atoms with Crippen LogP contribution in [0.5, 0.6) is 5.88 Å². The van der Waals surface area contributed by atoms with Gasteiger partial charge in [-0.3, -0.25) is 14.4 Å². The highest BCUT2D eigenvalue weighted by Crippen LogP contribution is 2.34. The standard InChI is InChI=1S/C21H24N4O6S/c1-29-21-19(24-32(2,27)28)9-15(10-22-21)14-7-16-12-31-13-17(16)18(8-14)23-20(26)11-25-3-5-30-6-4-25/h7-10,12-13,24H,3-6,11H2,1-2H3,(H,23,26).